The van der Waals surface area contributed by atoms with Gasteiger partial charge in [0.15, 0.2) is 0 Å². The molecule has 0 saturated carbocycles. The summed E-state index contributed by atoms with van der Waals surface area (Å²) in [5.41, 5.74) is 0. The maximum Gasteiger partial charge on any atom is 0.208 e. The molecule has 0 bridgehead atoms. The fourth-order valence-corrected chi connectivity index (χ4v) is 2.83. The van der Waals surface area contributed by atoms with Crippen LogP contribution in [0.4, 0.5) is 0 Å². The molecule has 1 aliphatic heterocycles. The molecule has 1 N–H and O–H groups in total. The molecule has 1 saturated heterocycles. The quantitative estimate of drug-likeness (QED) is 0.854. The van der Waals surface area contributed by atoms with E-state index in [4.69, 9.17) is 4.42 Å². The molecule has 2 heterocycles. The highest BCUT2D eigenvalue weighted by molar-refractivity contribution is 7.99. The second-order valence-corrected chi connectivity index (χ2v) is 5.02. The molecule has 1 fully saturated rings. The molecule has 4 heteroatoms. The van der Waals surface area contributed by atoms with E-state index in [0.29, 0.717) is 6.04 Å². The average Bonchev–Trinajstić information content (AvgIpc) is 2.76. The smallest absolute Gasteiger partial charge is 0.208 e. The van der Waals surface area contributed by atoms with Gasteiger partial charge in [-0.2, -0.15) is 11.8 Å². The van der Waals surface area contributed by atoms with Gasteiger partial charge in [-0.25, -0.2) is 4.98 Å². The molecule has 84 valence electrons. The van der Waals surface area contributed by atoms with Crippen LogP contribution < -0.4 is 5.32 Å². The van der Waals surface area contributed by atoms with Gasteiger partial charge in [0.05, 0.1) is 12.7 Å². The summed E-state index contributed by atoms with van der Waals surface area (Å²) in [5.74, 6) is 4.34. The van der Waals surface area contributed by atoms with Gasteiger partial charge < -0.3 is 9.73 Å². The van der Waals surface area contributed by atoms with Crippen LogP contribution in [0.15, 0.2) is 10.6 Å². The zero-order valence-corrected chi connectivity index (χ0v) is 9.98. The Bertz CT molecular complexity index is 295. The largest absolute Gasteiger partial charge is 0.444 e. The van der Waals surface area contributed by atoms with Gasteiger partial charge >= 0.3 is 0 Å². The van der Waals surface area contributed by atoms with Crippen LogP contribution in [-0.4, -0.2) is 22.5 Å². The van der Waals surface area contributed by atoms with Crippen molar-refractivity contribution in [3.05, 3.63) is 17.8 Å². The van der Waals surface area contributed by atoms with Crippen molar-refractivity contribution in [1.29, 1.82) is 0 Å². The van der Waals surface area contributed by atoms with Gasteiger partial charge in [-0.3, -0.25) is 0 Å². The van der Waals surface area contributed by atoms with Crippen molar-refractivity contribution in [2.24, 2.45) is 0 Å². The molecule has 1 aromatic rings. The van der Waals surface area contributed by atoms with E-state index in [9.17, 15) is 0 Å². The molecule has 2 rings (SSSR count). The zero-order valence-electron chi connectivity index (χ0n) is 9.16. The second-order valence-electron chi connectivity index (χ2n) is 3.87. The first-order chi connectivity index (χ1) is 7.38. The predicted molar refractivity (Wildman–Crippen MR) is 63.1 cm³/mol. The van der Waals surface area contributed by atoms with Gasteiger partial charge in [0.2, 0.25) is 5.89 Å². The standard InChI is InChI=1S/C11H18N2OS/c1-2-10-6-13-11(14-10)7-12-9-4-3-5-15-8-9/h6,9,12H,2-5,7-8H2,1H3. The van der Waals surface area contributed by atoms with Crippen molar-refractivity contribution in [3.63, 3.8) is 0 Å². The summed E-state index contributed by atoms with van der Waals surface area (Å²) >= 11 is 2.03. The van der Waals surface area contributed by atoms with E-state index in [1.165, 1.54) is 24.3 Å². The minimum absolute atomic E-state index is 0.640. The van der Waals surface area contributed by atoms with E-state index in [2.05, 4.69) is 17.2 Å². The number of hydrogen-bond donors (Lipinski definition) is 1. The van der Waals surface area contributed by atoms with Crippen LogP contribution >= 0.6 is 11.8 Å². The molecule has 15 heavy (non-hydrogen) atoms. The minimum atomic E-state index is 0.640. The van der Waals surface area contributed by atoms with Crippen molar-refractivity contribution in [2.75, 3.05) is 11.5 Å². The van der Waals surface area contributed by atoms with E-state index in [1.807, 2.05) is 18.0 Å². The van der Waals surface area contributed by atoms with Crippen molar-refractivity contribution in [3.8, 4) is 0 Å². The molecule has 1 aromatic heterocycles. The average molecular weight is 226 g/mol. The first-order valence-electron chi connectivity index (χ1n) is 5.63. The topological polar surface area (TPSA) is 38.1 Å². The lowest BCUT2D eigenvalue weighted by atomic mass is 10.2. The SMILES string of the molecule is CCc1cnc(CNC2CCCSC2)o1. The summed E-state index contributed by atoms with van der Waals surface area (Å²) in [6.45, 7) is 2.85. The number of rotatable bonds is 4. The third-order valence-corrected chi connectivity index (χ3v) is 3.87. The molecule has 0 aromatic carbocycles. The Labute approximate surface area is 95.0 Å². The summed E-state index contributed by atoms with van der Waals surface area (Å²) in [6.07, 6.45) is 5.36. The van der Waals surface area contributed by atoms with E-state index in [0.717, 1.165) is 24.6 Å². The van der Waals surface area contributed by atoms with Crippen LogP contribution in [0, 0.1) is 0 Å². The number of oxazole rings is 1. The Morgan fingerprint density at radius 1 is 1.67 bits per heavy atom. The highest BCUT2D eigenvalue weighted by Crippen LogP contribution is 2.17. The summed E-state index contributed by atoms with van der Waals surface area (Å²) < 4.78 is 5.54. The monoisotopic (exact) mass is 226 g/mol. The number of aromatic nitrogens is 1. The summed E-state index contributed by atoms with van der Waals surface area (Å²) in [7, 11) is 0. The molecule has 0 aliphatic carbocycles. The van der Waals surface area contributed by atoms with Gasteiger partial charge in [-0.1, -0.05) is 6.92 Å². The summed E-state index contributed by atoms with van der Waals surface area (Å²) in [4.78, 5) is 4.24. The number of nitrogens with zero attached hydrogens (tertiary/aromatic N) is 1. The molecule has 3 nitrogen and oxygen atoms in total. The fraction of sp³-hybridized carbons (Fsp3) is 0.727. The molecule has 0 radical (unpaired) electrons. The van der Waals surface area contributed by atoms with E-state index >= 15 is 0 Å². The normalized spacial score (nSPS) is 21.8. The maximum atomic E-state index is 5.54. The summed E-state index contributed by atoms with van der Waals surface area (Å²) in [6, 6.07) is 0.640. The van der Waals surface area contributed by atoms with Crippen molar-refractivity contribution in [2.45, 2.75) is 38.8 Å². The van der Waals surface area contributed by atoms with Gasteiger partial charge in [0.25, 0.3) is 0 Å². The highest BCUT2D eigenvalue weighted by Gasteiger charge is 2.13. The van der Waals surface area contributed by atoms with Crippen LogP contribution in [0.1, 0.15) is 31.4 Å². The Hall–Kier alpha value is -0.480. The number of thioether (sulfide) groups is 1. The lowest BCUT2D eigenvalue weighted by Crippen LogP contribution is -2.33. The third-order valence-electron chi connectivity index (χ3n) is 2.65. The van der Waals surface area contributed by atoms with Gasteiger partial charge in [0.1, 0.15) is 5.76 Å². The molecular weight excluding hydrogens is 208 g/mol. The first kappa shape index (κ1) is 11.0. The molecule has 1 atom stereocenters. The van der Waals surface area contributed by atoms with Gasteiger partial charge in [-0.15, -0.1) is 0 Å². The number of hydrogen-bond acceptors (Lipinski definition) is 4. The predicted octanol–water partition coefficient (Wildman–Crippen LogP) is 2.22. The van der Waals surface area contributed by atoms with Crippen molar-refractivity contribution >= 4 is 11.8 Å². The Morgan fingerprint density at radius 2 is 2.60 bits per heavy atom. The third kappa shape index (κ3) is 3.24. The van der Waals surface area contributed by atoms with Crippen LogP contribution in [0.3, 0.4) is 0 Å². The van der Waals surface area contributed by atoms with Crippen LogP contribution in [0.25, 0.3) is 0 Å². The van der Waals surface area contributed by atoms with Crippen LogP contribution in [0.2, 0.25) is 0 Å². The molecule has 1 unspecified atom stereocenters. The minimum Gasteiger partial charge on any atom is -0.444 e. The van der Waals surface area contributed by atoms with Crippen LogP contribution in [0.5, 0.6) is 0 Å². The van der Waals surface area contributed by atoms with Gasteiger partial charge in [0, 0.05) is 18.2 Å². The van der Waals surface area contributed by atoms with Crippen LogP contribution in [-0.2, 0) is 13.0 Å². The van der Waals surface area contributed by atoms with Crippen molar-refractivity contribution in [1.82, 2.24) is 10.3 Å². The number of nitrogens with one attached hydrogen (secondary N) is 1. The Morgan fingerprint density at radius 3 is 3.27 bits per heavy atom. The fourth-order valence-electron chi connectivity index (χ4n) is 1.73. The summed E-state index contributed by atoms with van der Waals surface area (Å²) in [5, 5.41) is 3.50. The lowest BCUT2D eigenvalue weighted by molar-refractivity contribution is 0.413. The van der Waals surface area contributed by atoms with E-state index in [1.54, 1.807) is 0 Å². The lowest BCUT2D eigenvalue weighted by Gasteiger charge is -2.21. The molecule has 0 amide bonds. The Kier molecular flexibility index (Phi) is 4.09. The molecule has 0 spiro atoms. The maximum absolute atomic E-state index is 5.54. The highest BCUT2D eigenvalue weighted by atomic mass is 32.2. The van der Waals surface area contributed by atoms with Crippen molar-refractivity contribution < 1.29 is 4.42 Å². The van der Waals surface area contributed by atoms with E-state index < -0.39 is 0 Å². The second kappa shape index (κ2) is 5.56. The van der Waals surface area contributed by atoms with Gasteiger partial charge in [-0.05, 0) is 18.6 Å². The molecule has 1 aliphatic rings. The first-order valence-corrected chi connectivity index (χ1v) is 6.78. The molecular formula is C11H18N2OS. The Balaban J connectivity index is 1.76. The zero-order chi connectivity index (χ0) is 10.5. The van der Waals surface area contributed by atoms with E-state index in [-0.39, 0.29) is 0 Å². The number of aryl methyl sites for hydroxylation is 1.